The van der Waals surface area contributed by atoms with Gasteiger partial charge < -0.3 is 15.4 Å². The average molecular weight is 381 g/mol. The molecular weight excluding hydrogens is 370 g/mol. The number of aromatic amines is 1. The van der Waals surface area contributed by atoms with Gasteiger partial charge in [0.05, 0.1) is 17.1 Å². The smallest absolute Gasteiger partial charge is 0.352 e. The van der Waals surface area contributed by atoms with Gasteiger partial charge in [0, 0.05) is 21.5 Å². The first-order valence-electron chi connectivity index (χ1n) is 7.13. The Morgan fingerprint density at radius 2 is 1.92 bits per heavy atom. The van der Waals surface area contributed by atoms with Gasteiger partial charge >= 0.3 is 5.97 Å². The lowest BCUT2D eigenvalue weighted by molar-refractivity contribution is -0.115. The fourth-order valence-electron chi connectivity index (χ4n) is 2.53. The van der Waals surface area contributed by atoms with Crippen molar-refractivity contribution in [2.24, 2.45) is 0 Å². The van der Waals surface area contributed by atoms with Gasteiger partial charge in [0.15, 0.2) is 0 Å². The van der Waals surface area contributed by atoms with Crippen molar-refractivity contribution in [3.8, 4) is 0 Å². The van der Waals surface area contributed by atoms with E-state index in [2.05, 4.69) is 10.3 Å². The summed E-state index contributed by atoms with van der Waals surface area (Å²) in [6.45, 7) is 0. The molecule has 1 amide bonds. The highest BCUT2D eigenvalue weighted by atomic mass is 35.5. The molecule has 0 fully saturated rings. The highest BCUT2D eigenvalue weighted by Gasteiger charge is 2.20. The third-order valence-corrected chi connectivity index (χ3v) is 4.17. The molecule has 0 aliphatic heterocycles. The summed E-state index contributed by atoms with van der Waals surface area (Å²) >= 11 is 11.8. The van der Waals surface area contributed by atoms with Crippen LogP contribution >= 0.6 is 23.2 Å². The Hall–Kier alpha value is -2.57. The third kappa shape index (κ3) is 3.60. The predicted molar refractivity (Wildman–Crippen MR) is 94.0 cm³/mol. The number of rotatable bonds is 4. The third-order valence-electron chi connectivity index (χ3n) is 3.62. The summed E-state index contributed by atoms with van der Waals surface area (Å²) in [5.41, 5.74) is 1.02. The molecule has 0 saturated heterocycles. The van der Waals surface area contributed by atoms with Gasteiger partial charge in [0.2, 0.25) is 5.91 Å². The predicted octanol–water partition coefficient (Wildman–Crippen LogP) is 4.49. The van der Waals surface area contributed by atoms with Crippen molar-refractivity contribution in [1.29, 1.82) is 0 Å². The number of carboxylic acid groups (broad SMARTS) is 1. The van der Waals surface area contributed by atoms with Gasteiger partial charge in [-0.15, -0.1) is 0 Å². The van der Waals surface area contributed by atoms with Crippen LogP contribution in [0.5, 0.6) is 0 Å². The molecule has 2 aromatic carbocycles. The summed E-state index contributed by atoms with van der Waals surface area (Å²) in [5.74, 6) is -2.20. The highest BCUT2D eigenvalue weighted by Crippen LogP contribution is 2.27. The number of carboxylic acids is 1. The van der Waals surface area contributed by atoms with E-state index in [0.717, 1.165) is 12.1 Å². The number of carbonyl (C=O) groups excluding carboxylic acids is 1. The summed E-state index contributed by atoms with van der Waals surface area (Å²) in [6.07, 6.45) is -0.213. The van der Waals surface area contributed by atoms with E-state index in [4.69, 9.17) is 23.2 Å². The molecule has 0 bridgehead atoms. The fraction of sp³-hybridized carbons (Fsp3) is 0.0588. The summed E-state index contributed by atoms with van der Waals surface area (Å²) in [7, 11) is 0. The number of amides is 1. The van der Waals surface area contributed by atoms with Crippen molar-refractivity contribution in [3.63, 3.8) is 0 Å². The van der Waals surface area contributed by atoms with Crippen molar-refractivity contribution in [2.75, 3.05) is 5.32 Å². The quantitative estimate of drug-likeness (QED) is 0.623. The number of anilines is 1. The number of fused-ring (bicyclic) bond motifs is 1. The monoisotopic (exact) mass is 380 g/mol. The minimum atomic E-state index is -1.19. The largest absolute Gasteiger partial charge is 0.477 e. The van der Waals surface area contributed by atoms with Gasteiger partial charge in [-0.2, -0.15) is 0 Å². The first-order chi connectivity index (χ1) is 11.8. The first kappa shape index (κ1) is 17.3. The second kappa shape index (κ2) is 6.74. The van der Waals surface area contributed by atoms with E-state index in [0.29, 0.717) is 21.5 Å². The Kier molecular flexibility index (Phi) is 4.65. The zero-order valence-corrected chi connectivity index (χ0v) is 14.1. The normalized spacial score (nSPS) is 10.8. The van der Waals surface area contributed by atoms with Crippen LogP contribution in [0.4, 0.5) is 10.1 Å². The minimum absolute atomic E-state index is 0.0498. The topological polar surface area (TPSA) is 82.2 Å². The summed E-state index contributed by atoms with van der Waals surface area (Å²) < 4.78 is 13.1. The minimum Gasteiger partial charge on any atom is -0.477 e. The maximum Gasteiger partial charge on any atom is 0.352 e. The zero-order valence-electron chi connectivity index (χ0n) is 12.6. The van der Waals surface area contributed by atoms with E-state index < -0.39 is 17.7 Å². The van der Waals surface area contributed by atoms with Crippen LogP contribution in [0.25, 0.3) is 10.9 Å². The van der Waals surface area contributed by atoms with Gasteiger partial charge in [-0.1, -0.05) is 23.2 Å². The number of aromatic nitrogens is 1. The molecule has 0 saturated carbocycles. The van der Waals surface area contributed by atoms with Gasteiger partial charge in [-0.05, 0) is 36.4 Å². The molecule has 3 rings (SSSR count). The van der Waals surface area contributed by atoms with Gasteiger partial charge in [-0.3, -0.25) is 4.79 Å². The lowest BCUT2D eigenvalue weighted by Crippen LogP contribution is -2.16. The molecule has 0 spiro atoms. The molecule has 128 valence electrons. The molecule has 3 aromatic rings. The summed E-state index contributed by atoms with van der Waals surface area (Å²) in [6, 6.07) is 8.42. The molecule has 1 aromatic heterocycles. The number of hydrogen-bond acceptors (Lipinski definition) is 2. The first-order valence-corrected chi connectivity index (χ1v) is 7.89. The molecule has 0 aliphatic rings. The average Bonchev–Trinajstić information content (AvgIpc) is 2.88. The lowest BCUT2D eigenvalue weighted by atomic mass is 10.1. The van der Waals surface area contributed by atoms with E-state index in [1.807, 2.05) is 0 Å². The van der Waals surface area contributed by atoms with Gasteiger partial charge in [-0.25, -0.2) is 9.18 Å². The molecule has 0 unspecified atom stereocenters. The van der Waals surface area contributed by atoms with E-state index in [1.54, 1.807) is 18.2 Å². The SMILES string of the molecule is O=C(Cc1c(C(=O)O)[nH]c2ccc(Cl)cc12)Nc1ccc(F)cc1Cl. The molecule has 5 nitrogen and oxygen atoms in total. The Balaban J connectivity index is 1.93. The van der Waals surface area contributed by atoms with Crippen molar-refractivity contribution < 1.29 is 19.1 Å². The van der Waals surface area contributed by atoms with E-state index in [1.165, 1.54) is 6.07 Å². The van der Waals surface area contributed by atoms with Crippen molar-refractivity contribution in [3.05, 3.63) is 63.5 Å². The number of benzene rings is 2. The van der Waals surface area contributed by atoms with Crippen LogP contribution in [0.3, 0.4) is 0 Å². The Bertz CT molecular complexity index is 1000. The van der Waals surface area contributed by atoms with Crippen molar-refractivity contribution >= 4 is 51.7 Å². The van der Waals surface area contributed by atoms with Crippen LogP contribution in [0.15, 0.2) is 36.4 Å². The van der Waals surface area contributed by atoms with Crippen molar-refractivity contribution in [2.45, 2.75) is 6.42 Å². The number of aromatic carboxylic acids is 1. The second-order valence-electron chi connectivity index (χ2n) is 5.32. The Labute approximate surface area is 151 Å². The maximum absolute atomic E-state index is 13.1. The van der Waals surface area contributed by atoms with Crippen LogP contribution < -0.4 is 5.32 Å². The van der Waals surface area contributed by atoms with E-state index >= 15 is 0 Å². The summed E-state index contributed by atoms with van der Waals surface area (Å²) in [4.78, 5) is 26.5. The van der Waals surface area contributed by atoms with Gasteiger partial charge in [0.25, 0.3) is 0 Å². The molecule has 0 radical (unpaired) electrons. The number of H-pyrrole nitrogens is 1. The molecule has 0 atom stereocenters. The molecule has 8 heteroatoms. The number of hydrogen-bond donors (Lipinski definition) is 3. The number of carbonyl (C=O) groups is 2. The standard InChI is InChI=1S/C17H11Cl2FN2O3/c18-8-1-3-13-10(5-8)11(16(22-13)17(24)25)7-15(23)21-14-4-2-9(20)6-12(14)19/h1-6,22H,7H2,(H,21,23)(H,24,25). The van der Waals surface area contributed by atoms with Crippen molar-refractivity contribution in [1.82, 2.24) is 4.98 Å². The molecule has 0 aliphatic carbocycles. The Morgan fingerprint density at radius 1 is 1.16 bits per heavy atom. The van der Waals surface area contributed by atoms with Gasteiger partial charge in [0.1, 0.15) is 11.5 Å². The number of nitrogens with one attached hydrogen (secondary N) is 2. The van der Waals surface area contributed by atoms with Crippen LogP contribution in [0.2, 0.25) is 10.0 Å². The van der Waals surface area contributed by atoms with Crippen LogP contribution in [-0.2, 0) is 11.2 Å². The van der Waals surface area contributed by atoms with E-state index in [-0.39, 0.29) is 22.8 Å². The lowest BCUT2D eigenvalue weighted by Gasteiger charge is -2.07. The molecular formula is C17H11Cl2FN2O3. The van der Waals surface area contributed by atoms with Crippen LogP contribution in [0, 0.1) is 5.82 Å². The van der Waals surface area contributed by atoms with Crippen LogP contribution in [0.1, 0.15) is 16.1 Å². The zero-order chi connectivity index (χ0) is 18.1. The van der Waals surface area contributed by atoms with Crippen LogP contribution in [-0.4, -0.2) is 22.0 Å². The molecule has 3 N–H and O–H groups in total. The maximum atomic E-state index is 13.1. The molecule has 25 heavy (non-hydrogen) atoms. The number of halogens is 3. The second-order valence-corrected chi connectivity index (χ2v) is 6.17. The molecule has 1 heterocycles. The summed E-state index contributed by atoms with van der Waals surface area (Å²) in [5, 5.41) is 12.9. The Morgan fingerprint density at radius 3 is 2.60 bits per heavy atom. The fourth-order valence-corrected chi connectivity index (χ4v) is 2.92. The van der Waals surface area contributed by atoms with E-state index in [9.17, 15) is 19.1 Å². The highest BCUT2D eigenvalue weighted by molar-refractivity contribution is 6.33.